The molecule has 9 heteroatoms. The molecule has 0 unspecified atom stereocenters. The lowest BCUT2D eigenvalue weighted by Crippen LogP contribution is -2.44. The normalized spacial score (nSPS) is 11.5. The number of methoxy groups -OCH3 is 1. The molecule has 2 amide bonds. The van der Waals surface area contributed by atoms with E-state index in [2.05, 4.69) is 35.5 Å². The smallest absolute Gasteiger partial charge is 0.407 e. The fourth-order valence-electron chi connectivity index (χ4n) is 1.63. The maximum Gasteiger partial charge on any atom is 0.407 e. The second-order valence-corrected chi connectivity index (χ2v) is 4.42. The molecule has 3 N–H and O–H groups in total. The molecular formula is C13H16N6O3. The van der Waals surface area contributed by atoms with Crippen LogP contribution in [0.15, 0.2) is 24.5 Å². The molecule has 2 rings (SSSR count). The van der Waals surface area contributed by atoms with Crippen molar-refractivity contribution >= 4 is 12.0 Å². The lowest BCUT2D eigenvalue weighted by atomic mass is 10.2. The van der Waals surface area contributed by atoms with Gasteiger partial charge in [-0.2, -0.15) is 5.10 Å². The minimum atomic E-state index is -0.713. The third-order valence-corrected chi connectivity index (χ3v) is 2.81. The van der Waals surface area contributed by atoms with E-state index in [1.165, 1.54) is 7.11 Å². The summed E-state index contributed by atoms with van der Waals surface area (Å²) >= 11 is 0. The molecule has 0 bridgehead atoms. The van der Waals surface area contributed by atoms with Crippen LogP contribution in [0, 0.1) is 0 Å². The molecule has 2 heterocycles. The van der Waals surface area contributed by atoms with Gasteiger partial charge in [0.1, 0.15) is 11.9 Å². The van der Waals surface area contributed by atoms with Crippen LogP contribution >= 0.6 is 0 Å². The van der Waals surface area contributed by atoms with E-state index >= 15 is 0 Å². The molecule has 116 valence electrons. The molecule has 22 heavy (non-hydrogen) atoms. The van der Waals surface area contributed by atoms with E-state index in [1.807, 2.05) is 0 Å². The van der Waals surface area contributed by atoms with Gasteiger partial charge >= 0.3 is 6.09 Å². The van der Waals surface area contributed by atoms with Crippen LogP contribution in [0.4, 0.5) is 4.79 Å². The number of ether oxygens (including phenoxy) is 1. The van der Waals surface area contributed by atoms with E-state index < -0.39 is 12.1 Å². The summed E-state index contributed by atoms with van der Waals surface area (Å²) in [6, 6.07) is 2.86. The second kappa shape index (κ2) is 7.16. The van der Waals surface area contributed by atoms with E-state index in [1.54, 1.807) is 31.5 Å². The van der Waals surface area contributed by atoms with Gasteiger partial charge in [-0.05, 0) is 19.1 Å². The summed E-state index contributed by atoms with van der Waals surface area (Å²) in [7, 11) is 1.23. The van der Waals surface area contributed by atoms with Gasteiger partial charge in [0.15, 0.2) is 5.82 Å². The molecule has 0 aliphatic carbocycles. The fraction of sp³-hybridized carbons (Fsp3) is 0.308. The number of H-pyrrole nitrogens is 1. The third-order valence-electron chi connectivity index (χ3n) is 2.81. The Morgan fingerprint density at radius 2 is 2.09 bits per heavy atom. The summed E-state index contributed by atoms with van der Waals surface area (Å²) in [6.07, 6.45) is 2.63. The Morgan fingerprint density at radius 1 is 1.36 bits per heavy atom. The molecule has 0 spiro atoms. The molecule has 0 radical (unpaired) electrons. The number of rotatable bonds is 5. The SMILES string of the molecule is COC(=O)N[C@H](C)C(=O)NCc1nc(-c2ccncc2)n[nH]1. The Morgan fingerprint density at radius 3 is 2.77 bits per heavy atom. The minimum absolute atomic E-state index is 0.171. The van der Waals surface area contributed by atoms with Gasteiger partial charge in [-0.15, -0.1) is 0 Å². The first-order valence-electron chi connectivity index (χ1n) is 6.54. The highest BCUT2D eigenvalue weighted by Crippen LogP contribution is 2.12. The van der Waals surface area contributed by atoms with E-state index in [0.717, 1.165) is 5.56 Å². The van der Waals surface area contributed by atoms with Crippen molar-refractivity contribution in [3.8, 4) is 11.4 Å². The third kappa shape index (κ3) is 4.01. The van der Waals surface area contributed by atoms with Crippen molar-refractivity contribution in [2.24, 2.45) is 0 Å². The summed E-state index contributed by atoms with van der Waals surface area (Å²) in [4.78, 5) is 31.0. The molecule has 9 nitrogen and oxygen atoms in total. The van der Waals surface area contributed by atoms with Crippen LogP contribution in [0.25, 0.3) is 11.4 Å². The zero-order chi connectivity index (χ0) is 15.9. The highest BCUT2D eigenvalue weighted by Gasteiger charge is 2.16. The Balaban J connectivity index is 1.88. The Hall–Kier alpha value is -2.97. The zero-order valence-electron chi connectivity index (χ0n) is 12.2. The number of pyridine rings is 1. The van der Waals surface area contributed by atoms with Crippen molar-refractivity contribution in [1.82, 2.24) is 30.8 Å². The number of alkyl carbamates (subject to hydrolysis) is 1. The van der Waals surface area contributed by atoms with Gasteiger partial charge in [0, 0.05) is 18.0 Å². The van der Waals surface area contributed by atoms with Crippen LogP contribution in [0.2, 0.25) is 0 Å². The quantitative estimate of drug-likeness (QED) is 0.726. The van der Waals surface area contributed by atoms with E-state index in [0.29, 0.717) is 11.6 Å². The second-order valence-electron chi connectivity index (χ2n) is 4.42. The van der Waals surface area contributed by atoms with Crippen molar-refractivity contribution in [3.05, 3.63) is 30.4 Å². The summed E-state index contributed by atoms with van der Waals surface area (Å²) in [5, 5.41) is 11.8. The average Bonchev–Trinajstić information content (AvgIpc) is 3.02. The number of amides is 2. The summed E-state index contributed by atoms with van der Waals surface area (Å²) in [5.74, 6) is 0.671. The van der Waals surface area contributed by atoms with Gasteiger partial charge in [-0.3, -0.25) is 14.9 Å². The van der Waals surface area contributed by atoms with Crippen molar-refractivity contribution in [2.75, 3.05) is 7.11 Å². The van der Waals surface area contributed by atoms with Gasteiger partial charge < -0.3 is 15.4 Å². The Bertz CT molecular complexity index is 642. The molecule has 0 aliphatic heterocycles. The number of carbonyl (C=O) groups excluding carboxylic acids is 2. The van der Waals surface area contributed by atoms with Crippen molar-refractivity contribution in [3.63, 3.8) is 0 Å². The van der Waals surface area contributed by atoms with Crippen molar-refractivity contribution in [2.45, 2.75) is 19.5 Å². The molecule has 0 saturated heterocycles. The van der Waals surface area contributed by atoms with Crippen LogP contribution in [-0.2, 0) is 16.1 Å². The standard InChI is InChI=1S/C13H16N6O3/c1-8(16-13(21)22-2)12(20)15-7-10-17-11(19-18-10)9-3-5-14-6-4-9/h3-6,8H,7H2,1-2H3,(H,15,20)(H,16,21)(H,17,18,19)/t8-/m1/s1. The Kier molecular flexibility index (Phi) is 5.02. The van der Waals surface area contributed by atoms with Gasteiger partial charge in [-0.1, -0.05) is 0 Å². The first-order chi connectivity index (χ1) is 10.6. The largest absolute Gasteiger partial charge is 0.453 e. The number of aromatic amines is 1. The lowest BCUT2D eigenvalue weighted by molar-refractivity contribution is -0.122. The summed E-state index contributed by atoms with van der Waals surface area (Å²) < 4.78 is 4.42. The molecule has 0 fully saturated rings. The predicted molar refractivity (Wildman–Crippen MR) is 76.5 cm³/mol. The monoisotopic (exact) mass is 304 g/mol. The highest BCUT2D eigenvalue weighted by atomic mass is 16.5. The number of aromatic nitrogens is 4. The molecule has 0 saturated carbocycles. The summed E-state index contributed by atoms with van der Waals surface area (Å²) in [6.45, 7) is 1.72. The van der Waals surface area contributed by atoms with Crippen LogP contribution in [0.1, 0.15) is 12.7 Å². The van der Waals surface area contributed by atoms with Crippen molar-refractivity contribution in [1.29, 1.82) is 0 Å². The molecule has 2 aromatic rings. The van der Waals surface area contributed by atoms with Crippen LogP contribution < -0.4 is 10.6 Å². The maximum atomic E-state index is 11.8. The van der Waals surface area contributed by atoms with Crippen LogP contribution in [-0.4, -0.2) is 45.3 Å². The molecular weight excluding hydrogens is 288 g/mol. The van der Waals surface area contributed by atoms with Gasteiger partial charge in [0.05, 0.1) is 13.7 Å². The zero-order valence-corrected chi connectivity index (χ0v) is 12.2. The first kappa shape index (κ1) is 15.4. The van der Waals surface area contributed by atoms with Gasteiger partial charge in [0.2, 0.25) is 5.91 Å². The van der Waals surface area contributed by atoms with Crippen LogP contribution in [0.5, 0.6) is 0 Å². The van der Waals surface area contributed by atoms with E-state index in [4.69, 9.17) is 0 Å². The highest BCUT2D eigenvalue weighted by molar-refractivity contribution is 5.85. The van der Waals surface area contributed by atoms with Gasteiger partial charge in [-0.25, -0.2) is 9.78 Å². The topological polar surface area (TPSA) is 122 Å². The number of hydrogen-bond donors (Lipinski definition) is 3. The average molecular weight is 304 g/mol. The predicted octanol–water partition coefficient (Wildman–Crippen LogP) is 0.227. The number of hydrogen-bond acceptors (Lipinski definition) is 6. The molecule has 1 atom stereocenters. The number of carbonyl (C=O) groups is 2. The van der Waals surface area contributed by atoms with Gasteiger partial charge in [0.25, 0.3) is 0 Å². The maximum absolute atomic E-state index is 11.8. The lowest BCUT2D eigenvalue weighted by Gasteiger charge is -2.12. The number of nitrogens with one attached hydrogen (secondary N) is 3. The van der Waals surface area contributed by atoms with Crippen LogP contribution in [0.3, 0.4) is 0 Å². The molecule has 2 aromatic heterocycles. The summed E-state index contributed by atoms with van der Waals surface area (Å²) in [5.41, 5.74) is 0.824. The minimum Gasteiger partial charge on any atom is -0.453 e. The fourth-order valence-corrected chi connectivity index (χ4v) is 1.63. The molecule has 0 aromatic carbocycles. The Labute approximate surface area is 126 Å². The molecule has 0 aliphatic rings. The van der Waals surface area contributed by atoms with Crippen molar-refractivity contribution < 1.29 is 14.3 Å². The van der Waals surface area contributed by atoms with E-state index in [-0.39, 0.29) is 12.5 Å². The first-order valence-corrected chi connectivity index (χ1v) is 6.54. The number of nitrogens with zero attached hydrogens (tertiary/aromatic N) is 3. The van der Waals surface area contributed by atoms with E-state index in [9.17, 15) is 9.59 Å².